The van der Waals surface area contributed by atoms with Crippen molar-refractivity contribution in [1.82, 2.24) is 9.78 Å². The maximum atomic E-state index is 6.31. The van der Waals surface area contributed by atoms with Gasteiger partial charge in [0.1, 0.15) is 11.5 Å². The summed E-state index contributed by atoms with van der Waals surface area (Å²) >= 11 is 6.20. The molecule has 0 radical (unpaired) electrons. The topological polar surface area (TPSA) is 57.0 Å². The van der Waals surface area contributed by atoms with Gasteiger partial charge >= 0.3 is 0 Å². The Morgan fingerprint density at radius 1 is 1.39 bits per heavy atom. The second-order valence-corrected chi connectivity index (χ2v) is 5.17. The Labute approximate surface area is 112 Å². The first-order valence-electron chi connectivity index (χ1n) is 5.97. The molecule has 1 atom stereocenters. The van der Waals surface area contributed by atoms with E-state index in [0.717, 1.165) is 22.8 Å². The van der Waals surface area contributed by atoms with Crippen molar-refractivity contribution >= 4 is 11.6 Å². The van der Waals surface area contributed by atoms with Crippen LogP contribution in [0.3, 0.4) is 0 Å². The predicted octanol–water partition coefficient (Wildman–Crippen LogP) is 3.38. The van der Waals surface area contributed by atoms with Crippen LogP contribution < -0.4 is 5.73 Å². The molecule has 0 aliphatic carbocycles. The van der Waals surface area contributed by atoms with Crippen molar-refractivity contribution in [1.29, 1.82) is 0 Å². The fourth-order valence-electron chi connectivity index (χ4n) is 2.16. The third kappa shape index (κ3) is 2.18. The number of aromatic nitrogens is 2. The van der Waals surface area contributed by atoms with Crippen LogP contribution in [0, 0.1) is 13.8 Å². The van der Waals surface area contributed by atoms with Crippen LogP contribution in [0.25, 0.3) is 0 Å². The van der Waals surface area contributed by atoms with Gasteiger partial charge in [-0.2, -0.15) is 5.10 Å². The molecule has 0 aliphatic rings. The van der Waals surface area contributed by atoms with Gasteiger partial charge in [0.05, 0.1) is 23.0 Å². The van der Waals surface area contributed by atoms with E-state index in [4.69, 9.17) is 21.8 Å². The fourth-order valence-corrected chi connectivity index (χ4v) is 2.41. The van der Waals surface area contributed by atoms with Crippen LogP contribution in [0.4, 0.5) is 0 Å². The number of hydrogen-bond acceptors (Lipinski definition) is 3. The van der Waals surface area contributed by atoms with E-state index in [9.17, 15) is 0 Å². The van der Waals surface area contributed by atoms with E-state index in [0.29, 0.717) is 5.02 Å². The molecule has 0 spiro atoms. The second-order valence-electron chi connectivity index (χ2n) is 4.76. The predicted molar refractivity (Wildman–Crippen MR) is 71.8 cm³/mol. The van der Waals surface area contributed by atoms with Crippen LogP contribution >= 0.6 is 11.6 Å². The Morgan fingerprint density at radius 2 is 2.06 bits per heavy atom. The first kappa shape index (κ1) is 13.2. The Hall–Kier alpha value is -1.26. The van der Waals surface area contributed by atoms with Crippen molar-refractivity contribution < 1.29 is 4.42 Å². The third-order valence-corrected chi connectivity index (χ3v) is 3.28. The largest absolute Gasteiger partial charge is 0.466 e. The van der Waals surface area contributed by atoms with Crippen molar-refractivity contribution in [2.75, 3.05) is 0 Å². The van der Waals surface area contributed by atoms with Gasteiger partial charge in [-0.15, -0.1) is 0 Å². The highest BCUT2D eigenvalue weighted by Gasteiger charge is 2.23. The van der Waals surface area contributed by atoms with Gasteiger partial charge in [0.25, 0.3) is 0 Å². The van der Waals surface area contributed by atoms with Gasteiger partial charge in [-0.05, 0) is 33.8 Å². The number of rotatable bonds is 3. The number of halogens is 1. The lowest BCUT2D eigenvalue weighted by atomic mass is 10.0. The van der Waals surface area contributed by atoms with E-state index in [1.165, 1.54) is 0 Å². The van der Waals surface area contributed by atoms with Crippen LogP contribution in [0.5, 0.6) is 0 Å². The summed E-state index contributed by atoms with van der Waals surface area (Å²) in [5.41, 5.74) is 8.09. The molecular formula is C13H18ClN3O. The first-order valence-corrected chi connectivity index (χ1v) is 6.35. The lowest BCUT2D eigenvalue weighted by molar-refractivity contribution is 0.486. The summed E-state index contributed by atoms with van der Waals surface area (Å²) in [6.45, 7) is 7.91. The third-order valence-electron chi connectivity index (χ3n) is 2.99. The molecule has 0 saturated heterocycles. The van der Waals surface area contributed by atoms with Crippen molar-refractivity contribution in [3.8, 4) is 0 Å². The Kier molecular flexibility index (Phi) is 3.50. The summed E-state index contributed by atoms with van der Waals surface area (Å²) in [6.07, 6.45) is 1.64. The SMILES string of the molecule is Cc1cc(C(N)c2c(Cl)cnn2C(C)C)c(C)o1. The molecule has 2 N–H and O–H groups in total. The van der Waals surface area contributed by atoms with Crippen LogP contribution in [0.15, 0.2) is 16.7 Å². The molecule has 1 unspecified atom stereocenters. The smallest absolute Gasteiger partial charge is 0.106 e. The highest BCUT2D eigenvalue weighted by Crippen LogP contribution is 2.31. The van der Waals surface area contributed by atoms with E-state index >= 15 is 0 Å². The van der Waals surface area contributed by atoms with Crippen molar-refractivity contribution in [2.24, 2.45) is 5.73 Å². The first-order chi connectivity index (χ1) is 8.41. The maximum Gasteiger partial charge on any atom is 0.106 e. The molecule has 0 amide bonds. The zero-order valence-corrected chi connectivity index (χ0v) is 11.8. The number of hydrogen-bond donors (Lipinski definition) is 1. The minimum absolute atomic E-state index is 0.215. The summed E-state index contributed by atoms with van der Waals surface area (Å²) < 4.78 is 7.38. The van der Waals surface area contributed by atoms with Gasteiger partial charge in [-0.25, -0.2) is 0 Å². The van der Waals surface area contributed by atoms with E-state index in [-0.39, 0.29) is 12.1 Å². The highest BCUT2D eigenvalue weighted by atomic mass is 35.5. The number of nitrogens with two attached hydrogens (primary N) is 1. The highest BCUT2D eigenvalue weighted by molar-refractivity contribution is 6.31. The minimum atomic E-state index is -0.320. The molecule has 98 valence electrons. The Bertz CT molecular complexity index is 557. The molecule has 2 aromatic rings. The quantitative estimate of drug-likeness (QED) is 0.928. The number of aryl methyl sites for hydroxylation is 2. The van der Waals surface area contributed by atoms with Gasteiger partial charge in [0.2, 0.25) is 0 Å². The lowest BCUT2D eigenvalue weighted by Gasteiger charge is -2.17. The summed E-state index contributed by atoms with van der Waals surface area (Å²) in [7, 11) is 0. The van der Waals surface area contributed by atoms with Crippen molar-refractivity contribution in [3.63, 3.8) is 0 Å². The molecule has 18 heavy (non-hydrogen) atoms. The fraction of sp³-hybridized carbons (Fsp3) is 0.462. The molecule has 0 fully saturated rings. The van der Waals surface area contributed by atoms with Crippen LogP contribution in [0.1, 0.15) is 48.7 Å². The van der Waals surface area contributed by atoms with Crippen LogP contribution in [-0.2, 0) is 0 Å². The molecule has 2 aromatic heterocycles. The second kappa shape index (κ2) is 4.78. The Balaban J connectivity index is 2.48. The molecule has 0 aromatic carbocycles. The van der Waals surface area contributed by atoms with Gasteiger partial charge in [0, 0.05) is 11.6 Å². The molecule has 5 heteroatoms. The van der Waals surface area contributed by atoms with Crippen LogP contribution in [-0.4, -0.2) is 9.78 Å². The van der Waals surface area contributed by atoms with E-state index < -0.39 is 0 Å². The lowest BCUT2D eigenvalue weighted by Crippen LogP contribution is -2.19. The monoisotopic (exact) mass is 267 g/mol. The molecule has 0 saturated carbocycles. The van der Waals surface area contributed by atoms with E-state index in [1.54, 1.807) is 6.20 Å². The summed E-state index contributed by atoms with van der Waals surface area (Å²) in [4.78, 5) is 0. The van der Waals surface area contributed by atoms with Gasteiger partial charge < -0.3 is 10.2 Å². The zero-order chi connectivity index (χ0) is 13.4. The minimum Gasteiger partial charge on any atom is -0.466 e. The normalized spacial score (nSPS) is 13.3. The van der Waals surface area contributed by atoms with E-state index in [2.05, 4.69) is 5.10 Å². The zero-order valence-electron chi connectivity index (χ0n) is 11.1. The molecule has 0 bridgehead atoms. The van der Waals surface area contributed by atoms with Crippen LogP contribution in [0.2, 0.25) is 5.02 Å². The van der Waals surface area contributed by atoms with E-state index in [1.807, 2.05) is 38.4 Å². The standard InChI is InChI=1S/C13H18ClN3O/c1-7(2)17-13(11(14)6-16-17)12(15)10-5-8(3)18-9(10)4/h5-7,12H,15H2,1-4H3. The summed E-state index contributed by atoms with van der Waals surface area (Å²) in [6, 6.07) is 1.85. The van der Waals surface area contributed by atoms with Crippen molar-refractivity contribution in [2.45, 2.75) is 39.8 Å². The molecule has 2 rings (SSSR count). The van der Waals surface area contributed by atoms with Gasteiger partial charge in [-0.1, -0.05) is 11.6 Å². The summed E-state index contributed by atoms with van der Waals surface area (Å²) in [5, 5.41) is 4.86. The maximum absolute atomic E-state index is 6.31. The van der Waals surface area contributed by atoms with Gasteiger partial charge in [-0.3, -0.25) is 4.68 Å². The van der Waals surface area contributed by atoms with Crippen molar-refractivity contribution in [3.05, 3.63) is 40.1 Å². The Morgan fingerprint density at radius 3 is 2.56 bits per heavy atom. The number of nitrogens with zero attached hydrogens (tertiary/aromatic N) is 2. The molecular weight excluding hydrogens is 250 g/mol. The number of furan rings is 1. The summed E-state index contributed by atoms with van der Waals surface area (Å²) in [5.74, 6) is 1.68. The molecule has 4 nitrogen and oxygen atoms in total. The van der Waals surface area contributed by atoms with Gasteiger partial charge in [0.15, 0.2) is 0 Å². The average Bonchev–Trinajstić information content (AvgIpc) is 2.81. The molecule has 2 heterocycles. The average molecular weight is 268 g/mol. The molecule has 0 aliphatic heterocycles.